The predicted octanol–water partition coefficient (Wildman–Crippen LogP) is 1.93. The fourth-order valence-corrected chi connectivity index (χ4v) is 2.39. The molecule has 5 heteroatoms. The highest BCUT2D eigenvalue weighted by atomic mass is 79.9. The summed E-state index contributed by atoms with van der Waals surface area (Å²) in [4.78, 5) is 25.6. The number of nitrogens with zero attached hydrogens (tertiary/aromatic N) is 1. The molecule has 19 heavy (non-hydrogen) atoms. The molecule has 4 nitrogen and oxygen atoms in total. The summed E-state index contributed by atoms with van der Waals surface area (Å²) in [6, 6.07) is 7.37. The number of piperazine rings is 1. The summed E-state index contributed by atoms with van der Waals surface area (Å²) in [5.41, 5.74) is 1.02. The van der Waals surface area contributed by atoms with Gasteiger partial charge in [0, 0.05) is 11.0 Å². The van der Waals surface area contributed by atoms with Crippen LogP contribution in [0.2, 0.25) is 0 Å². The van der Waals surface area contributed by atoms with Crippen LogP contribution in [0.3, 0.4) is 0 Å². The zero-order valence-corrected chi connectivity index (χ0v) is 12.6. The van der Waals surface area contributed by atoms with E-state index in [1.807, 2.05) is 38.1 Å². The Morgan fingerprint density at radius 1 is 1.32 bits per heavy atom. The molecule has 2 rings (SSSR count). The first-order chi connectivity index (χ1) is 8.97. The van der Waals surface area contributed by atoms with E-state index in [0.717, 1.165) is 10.0 Å². The van der Waals surface area contributed by atoms with Gasteiger partial charge >= 0.3 is 0 Å². The Morgan fingerprint density at radius 3 is 2.53 bits per heavy atom. The maximum atomic E-state index is 12.3. The van der Waals surface area contributed by atoms with Crippen LogP contribution in [0.5, 0.6) is 0 Å². The van der Waals surface area contributed by atoms with Crippen molar-refractivity contribution in [2.75, 3.05) is 6.54 Å². The van der Waals surface area contributed by atoms with Gasteiger partial charge in [-0.3, -0.25) is 9.59 Å². The van der Waals surface area contributed by atoms with Crippen molar-refractivity contribution < 1.29 is 9.59 Å². The first-order valence-electron chi connectivity index (χ1n) is 6.30. The van der Waals surface area contributed by atoms with Gasteiger partial charge in [-0.15, -0.1) is 0 Å². The Kier molecular flexibility index (Phi) is 4.24. The van der Waals surface area contributed by atoms with Crippen molar-refractivity contribution in [2.45, 2.75) is 26.4 Å². The van der Waals surface area contributed by atoms with E-state index in [4.69, 9.17) is 0 Å². The summed E-state index contributed by atoms with van der Waals surface area (Å²) in [5, 5.41) is 2.75. The summed E-state index contributed by atoms with van der Waals surface area (Å²) in [6.45, 7) is 4.48. The van der Waals surface area contributed by atoms with Crippen LogP contribution in [0.15, 0.2) is 28.7 Å². The summed E-state index contributed by atoms with van der Waals surface area (Å²) < 4.78 is 0.999. The molecule has 1 N–H and O–H groups in total. The summed E-state index contributed by atoms with van der Waals surface area (Å²) in [7, 11) is 0. The lowest BCUT2D eigenvalue weighted by molar-refractivity contribution is -0.146. The average molecular weight is 325 g/mol. The first-order valence-corrected chi connectivity index (χ1v) is 7.09. The van der Waals surface area contributed by atoms with E-state index >= 15 is 0 Å². The first kappa shape index (κ1) is 14.1. The molecular weight excluding hydrogens is 308 g/mol. The minimum Gasteiger partial charge on any atom is -0.343 e. The van der Waals surface area contributed by atoms with Gasteiger partial charge < -0.3 is 10.2 Å². The van der Waals surface area contributed by atoms with Crippen molar-refractivity contribution in [1.29, 1.82) is 0 Å². The minimum atomic E-state index is -0.406. The highest BCUT2D eigenvalue weighted by Crippen LogP contribution is 2.16. The molecule has 1 heterocycles. The van der Waals surface area contributed by atoms with Crippen LogP contribution >= 0.6 is 15.9 Å². The van der Waals surface area contributed by atoms with Crippen molar-refractivity contribution in [2.24, 2.45) is 5.92 Å². The third-order valence-corrected chi connectivity index (χ3v) is 3.71. The summed E-state index contributed by atoms with van der Waals surface area (Å²) >= 11 is 3.38. The van der Waals surface area contributed by atoms with E-state index in [1.54, 1.807) is 4.90 Å². The van der Waals surface area contributed by atoms with E-state index in [2.05, 4.69) is 21.2 Å². The van der Waals surface area contributed by atoms with Gasteiger partial charge in [0.25, 0.3) is 0 Å². The second-order valence-electron chi connectivity index (χ2n) is 5.11. The predicted molar refractivity (Wildman–Crippen MR) is 76.3 cm³/mol. The number of hydrogen-bond donors (Lipinski definition) is 1. The molecule has 1 atom stereocenters. The second-order valence-corrected chi connectivity index (χ2v) is 6.03. The molecule has 0 spiro atoms. The molecule has 102 valence electrons. The Balaban J connectivity index is 2.12. The number of amides is 2. The van der Waals surface area contributed by atoms with Crippen molar-refractivity contribution in [3.63, 3.8) is 0 Å². The number of benzene rings is 1. The van der Waals surface area contributed by atoms with Crippen LogP contribution in [0.25, 0.3) is 0 Å². The molecular formula is C14H17BrN2O2. The quantitative estimate of drug-likeness (QED) is 0.923. The standard InChI is InChI=1S/C14H17BrN2O2/c1-9(2)13-14(19)17(8-12(18)16-13)7-10-3-5-11(15)6-4-10/h3-6,9,13H,7-8H2,1-2H3,(H,16,18). The Morgan fingerprint density at radius 2 is 1.95 bits per heavy atom. The van der Waals surface area contributed by atoms with Crippen molar-refractivity contribution in [3.05, 3.63) is 34.3 Å². The lowest BCUT2D eigenvalue weighted by Gasteiger charge is -2.34. The molecule has 1 saturated heterocycles. The SMILES string of the molecule is CC(C)C1NC(=O)CN(Cc2ccc(Br)cc2)C1=O. The maximum absolute atomic E-state index is 12.3. The Hall–Kier alpha value is -1.36. The number of carbonyl (C=O) groups is 2. The number of hydrogen-bond acceptors (Lipinski definition) is 2. The van der Waals surface area contributed by atoms with Crippen molar-refractivity contribution >= 4 is 27.7 Å². The van der Waals surface area contributed by atoms with Crippen LogP contribution in [0.1, 0.15) is 19.4 Å². The fourth-order valence-electron chi connectivity index (χ4n) is 2.12. The largest absolute Gasteiger partial charge is 0.343 e. The van der Waals surface area contributed by atoms with E-state index in [0.29, 0.717) is 6.54 Å². The van der Waals surface area contributed by atoms with E-state index in [9.17, 15) is 9.59 Å². The molecule has 0 aliphatic carbocycles. The molecule has 2 amide bonds. The number of nitrogens with one attached hydrogen (secondary N) is 1. The van der Waals surface area contributed by atoms with Gasteiger partial charge in [-0.1, -0.05) is 41.9 Å². The minimum absolute atomic E-state index is 0.00230. The molecule has 0 radical (unpaired) electrons. The zero-order chi connectivity index (χ0) is 14.0. The van der Waals surface area contributed by atoms with Crippen molar-refractivity contribution in [1.82, 2.24) is 10.2 Å². The number of carbonyl (C=O) groups excluding carboxylic acids is 2. The molecule has 1 aliphatic rings. The van der Waals surface area contributed by atoms with Crippen LogP contribution < -0.4 is 5.32 Å². The highest BCUT2D eigenvalue weighted by molar-refractivity contribution is 9.10. The van der Waals surface area contributed by atoms with E-state index < -0.39 is 6.04 Å². The van der Waals surface area contributed by atoms with Gasteiger partial charge in [-0.25, -0.2) is 0 Å². The molecule has 1 aromatic rings. The molecule has 1 aromatic carbocycles. The average Bonchev–Trinajstić information content (AvgIpc) is 2.35. The number of halogens is 1. The molecule has 0 aromatic heterocycles. The number of rotatable bonds is 3. The maximum Gasteiger partial charge on any atom is 0.246 e. The Labute approximate surface area is 121 Å². The van der Waals surface area contributed by atoms with Crippen LogP contribution in [-0.4, -0.2) is 29.3 Å². The second kappa shape index (κ2) is 5.74. The lowest BCUT2D eigenvalue weighted by Crippen LogP contribution is -2.59. The smallest absolute Gasteiger partial charge is 0.246 e. The van der Waals surface area contributed by atoms with Gasteiger partial charge in [-0.2, -0.15) is 0 Å². The van der Waals surface area contributed by atoms with Crippen LogP contribution in [0.4, 0.5) is 0 Å². The topological polar surface area (TPSA) is 49.4 Å². The molecule has 1 unspecified atom stereocenters. The summed E-state index contributed by atoms with van der Waals surface area (Å²) in [6.07, 6.45) is 0. The van der Waals surface area contributed by atoms with Gasteiger partial charge in [0.05, 0.1) is 6.54 Å². The normalized spacial score (nSPS) is 19.8. The van der Waals surface area contributed by atoms with E-state index in [-0.39, 0.29) is 24.3 Å². The van der Waals surface area contributed by atoms with Crippen molar-refractivity contribution in [3.8, 4) is 0 Å². The monoisotopic (exact) mass is 324 g/mol. The van der Waals surface area contributed by atoms with Gasteiger partial charge in [0.1, 0.15) is 6.04 Å². The Bertz CT molecular complexity index is 485. The zero-order valence-electron chi connectivity index (χ0n) is 11.0. The lowest BCUT2D eigenvalue weighted by atomic mass is 10.0. The van der Waals surface area contributed by atoms with Crippen LogP contribution in [-0.2, 0) is 16.1 Å². The molecule has 1 fully saturated rings. The van der Waals surface area contributed by atoms with Gasteiger partial charge in [-0.05, 0) is 23.6 Å². The summed E-state index contributed by atoms with van der Waals surface area (Å²) in [5.74, 6) is 0.0112. The molecule has 0 bridgehead atoms. The van der Waals surface area contributed by atoms with Gasteiger partial charge in [0.15, 0.2) is 0 Å². The van der Waals surface area contributed by atoms with E-state index in [1.165, 1.54) is 0 Å². The molecule has 0 saturated carbocycles. The highest BCUT2D eigenvalue weighted by Gasteiger charge is 2.34. The third kappa shape index (κ3) is 3.35. The molecule has 1 aliphatic heterocycles. The van der Waals surface area contributed by atoms with Gasteiger partial charge in [0.2, 0.25) is 11.8 Å². The van der Waals surface area contributed by atoms with Crippen LogP contribution in [0, 0.1) is 5.92 Å². The third-order valence-electron chi connectivity index (χ3n) is 3.18. The fraction of sp³-hybridized carbons (Fsp3) is 0.429.